The molecule has 2 N–H and O–H groups in total. The molecule has 6 heteroatoms. The van der Waals surface area contributed by atoms with Crippen LogP contribution in [0.25, 0.3) is 0 Å². The Morgan fingerprint density at radius 3 is 2.79 bits per heavy atom. The quantitative estimate of drug-likeness (QED) is 0.756. The average Bonchev–Trinajstić information content (AvgIpc) is 2.55. The summed E-state index contributed by atoms with van der Waals surface area (Å²) in [6.45, 7) is 1.58. The smallest absolute Gasteiger partial charge is 0.325 e. The molecule has 106 valence electrons. The van der Waals surface area contributed by atoms with Gasteiger partial charge in [0.05, 0.1) is 0 Å². The summed E-state index contributed by atoms with van der Waals surface area (Å²) in [7, 11) is 0. The number of hydrogen-bond acceptors (Lipinski definition) is 3. The molecule has 3 amide bonds. The van der Waals surface area contributed by atoms with Crippen LogP contribution in [0.2, 0.25) is 0 Å². The van der Waals surface area contributed by atoms with Gasteiger partial charge in [-0.3, -0.25) is 14.5 Å². The lowest BCUT2D eigenvalue weighted by molar-refractivity contribution is -0.143. The maximum absolute atomic E-state index is 12.4. The molecular formula is C13H20N2O4. The van der Waals surface area contributed by atoms with Crippen molar-refractivity contribution in [2.24, 2.45) is 5.92 Å². The fraction of sp³-hybridized carbons (Fsp3) is 0.769. The van der Waals surface area contributed by atoms with E-state index >= 15 is 0 Å². The van der Waals surface area contributed by atoms with Crippen molar-refractivity contribution in [3.05, 3.63) is 0 Å². The molecule has 2 rings (SSSR count). The Morgan fingerprint density at radius 2 is 2.16 bits per heavy atom. The third-order valence-electron chi connectivity index (χ3n) is 4.31. The second kappa shape index (κ2) is 5.19. The molecule has 19 heavy (non-hydrogen) atoms. The predicted molar refractivity (Wildman–Crippen MR) is 67.5 cm³/mol. The fourth-order valence-corrected chi connectivity index (χ4v) is 3.11. The van der Waals surface area contributed by atoms with E-state index in [1.807, 2.05) is 0 Å². The van der Waals surface area contributed by atoms with Gasteiger partial charge in [0.2, 0.25) is 0 Å². The zero-order chi connectivity index (χ0) is 14.0. The zero-order valence-corrected chi connectivity index (χ0v) is 11.1. The van der Waals surface area contributed by atoms with E-state index in [4.69, 9.17) is 5.11 Å². The molecule has 0 aromatic heterocycles. The minimum Gasteiger partial charge on any atom is -0.480 e. The van der Waals surface area contributed by atoms with Crippen LogP contribution in [0.15, 0.2) is 0 Å². The van der Waals surface area contributed by atoms with Crippen molar-refractivity contribution in [3.63, 3.8) is 0 Å². The van der Waals surface area contributed by atoms with Gasteiger partial charge in [-0.15, -0.1) is 0 Å². The number of hydrogen-bond donors (Lipinski definition) is 2. The first-order valence-corrected chi connectivity index (χ1v) is 6.84. The number of carboxylic acids is 1. The molecule has 0 bridgehead atoms. The van der Waals surface area contributed by atoms with E-state index in [-0.39, 0.29) is 5.91 Å². The molecule has 1 saturated carbocycles. The van der Waals surface area contributed by atoms with Crippen LogP contribution in [0.5, 0.6) is 0 Å². The number of imide groups is 1. The summed E-state index contributed by atoms with van der Waals surface area (Å²) in [5.74, 6) is -0.935. The van der Waals surface area contributed by atoms with Crippen LogP contribution >= 0.6 is 0 Å². The van der Waals surface area contributed by atoms with Crippen molar-refractivity contribution in [2.75, 3.05) is 6.54 Å². The van der Waals surface area contributed by atoms with E-state index < -0.39 is 24.1 Å². The molecule has 1 heterocycles. The van der Waals surface area contributed by atoms with Gasteiger partial charge in [0.1, 0.15) is 12.1 Å². The number of carbonyl (C=O) groups is 3. The largest absolute Gasteiger partial charge is 0.480 e. The number of urea groups is 1. The lowest BCUT2D eigenvalue weighted by atomic mass is 9.89. The van der Waals surface area contributed by atoms with E-state index in [2.05, 4.69) is 12.2 Å². The maximum Gasteiger partial charge on any atom is 0.325 e. The highest BCUT2D eigenvalue weighted by molar-refractivity contribution is 6.08. The predicted octanol–water partition coefficient (Wildman–Crippen LogP) is 1.35. The first kappa shape index (κ1) is 13.8. The third kappa shape index (κ3) is 2.57. The summed E-state index contributed by atoms with van der Waals surface area (Å²) >= 11 is 0. The van der Waals surface area contributed by atoms with Crippen LogP contribution < -0.4 is 5.32 Å². The van der Waals surface area contributed by atoms with E-state index in [1.165, 1.54) is 0 Å². The Bertz CT molecular complexity index is 409. The second-order valence-electron chi connectivity index (χ2n) is 5.50. The van der Waals surface area contributed by atoms with Gasteiger partial charge >= 0.3 is 12.0 Å². The molecule has 0 aromatic rings. The van der Waals surface area contributed by atoms with E-state index in [9.17, 15) is 14.4 Å². The Kier molecular flexibility index (Phi) is 3.78. The van der Waals surface area contributed by atoms with Crippen molar-refractivity contribution >= 4 is 17.9 Å². The summed E-state index contributed by atoms with van der Waals surface area (Å²) in [5, 5.41) is 11.5. The molecule has 1 aliphatic heterocycles. The number of nitrogens with zero attached hydrogens (tertiary/aromatic N) is 1. The van der Waals surface area contributed by atoms with Gasteiger partial charge in [0.25, 0.3) is 5.91 Å². The van der Waals surface area contributed by atoms with Gasteiger partial charge in [0.15, 0.2) is 0 Å². The zero-order valence-electron chi connectivity index (χ0n) is 11.1. The van der Waals surface area contributed by atoms with Crippen LogP contribution in [0.3, 0.4) is 0 Å². The molecule has 2 unspecified atom stereocenters. The highest BCUT2D eigenvalue weighted by Gasteiger charge is 2.51. The van der Waals surface area contributed by atoms with Gasteiger partial charge in [-0.25, -0.2) is 4.79 Å². The molecule has 1 aliphatic carbocycles. The minimum absolute atomic E-state index is 0.364. The minimum atomic E-state index is -1.17. The van der Waals surface area contributed by atoms with Gasteiger partial charge in [-0.1, -0.05) is 26.2 Å². The normalized spacial score (nSPS) is 31.4. The Balaban J connectivity index is 2.14. The Hall–Kier alpha value is -1.59. The number of amides is 3. The highest BCUT2D eigenvalue weighted by atomic mass is 16.4. The molecule has 2 atom stereocenters. The van der Waals surface area contributed by atoms with E-state index in [1.54, 1.807) is 0 Å². The summed E-state index contributed by atoms with van der Waals surface area (Å²) in [6, 6.07) is -0.567. The molecule has 0 aromatic carbocycles. The third-order valence-corrected chi connectivity index (χ3v) is 4.31. The van der Waals surface area contributed by atoms with Crippen molar-refractivity contribution in [1.29, 1.82) is 0 Å². The van der Waals surface area contributed by atoms with Gasteiger partial charge in [0, 0.05) is 0 Å². The average molecular weight is 268 g/mol. The highest BCUT2D eigenvalue weighted by Crippen LogP contribution is 2.35. The number of carboxylic acid groups (broad SMARTS) is 1. The standard InChI is InChI=1S/C13H20N2O4/c1-2-9-4-3-6-13(7-5-9)11(18)15(8-10(16)17)12(19)14-13/h9H,2-8H2,1H3,(H,14,19)(H,16,17). The van der Waals surface area contributed by atoms with Gasteiger partial charge in [-0.2, -0.15) is 0 Å². The van der Waals surface area contributed by atoms with Crippen LogP contribution in [-0.2, 0) is 9.59 Å². The van der Waals surface area contributed by atoms with Crippen LogP contribution in [-0.4, -0.2) is 40.0 Å². The molecule has 1 spiro atoms. The second-order valence-corrected chi connectivity index (χ2v) is 5.50. The topological polar surface area (TPSA) is 86.7 Å². The lowest BCUT2D eigenvalue weighted by Gasteiger charge is -2.24. The molecular weight excluding hydrogens is 248 g/mol. The SMILES string of the molecule is CCC1CCCC2(CC1)NC(=O)N(CC(=O)O)C2=O. The lowest BCUT2D eigenvalue weighted by Crippen LogP contribution is -2.46. The molecule has 2 fully saturated rings. The summed E-state index contributed by atoms with van der Waals surface area (Å²) in [5.41, 5.74) is -0.851. The molecule has 6 nitrogen and oxygen atoms in total. The fourth-order valence-electron chi connectivity index (χ4n) is 3.11. The van der Waals surface area contributed by atoms with Crippen LogP contribution in [0.1, 0.15) is 45.4 Å². The van der Waals surface area contributed by atoms with Crippen LogP contribution in [0, 0.1) is 5.92 Å². The molecule has 0 radical (unpaired) electrons. The molecule has 2 aliphatic rings. The number of aliphatic carboxylic acids is 1. The first-order valence-electron chi connectivity index (χ1n) is 6.84. The van der Waals surface area contributed by atoms with Crippen molar-refractivity contribution in [1.82, 2.24) is 10.2 Å². The number of rotatable bonds is 3. The van der Waals surface area contributed by atoms with Gasteiger partial charge in [-0.05, 0) is 25.2 Å². The van der Waals surface area contributed by atoms with E-state index in [0.29, 0.717) is 18.8 Å². The number of nitrogens with one attached hydrogen (secondary N) is 1. The summed E-state index contributed by atoms with van der Waals surface area (Å²) in [4.78, 5) is 35.7. The summed E-state index contributed by atoms with van der Waals surface area (Å²) < 4.78 is 0. The Morgan fingerprint density at radius 1 is 1.42 bits per heavy atom. The van der Waals surface area contributed by atoms with Crippen molar-refractivity contribution in [2.45, 2.75) is 51.0 Å². The van der Waals surface area contributed by atoms with Crippen LogP contribution in [0.4, 0.5) is 4.79 Å². The summed E-state index contributed by atoms with van der Waals surface area (Å²) in [6.07, 6.45) is 5.18. The Labute approximate surface area is 112 Å². The van der Waals surface area contributed by atoms with E-state index in [0.717, 1.165) is 30.6 Å². The van der Waals surface area contributed by atoms with Crippen molar-refractivity contribution in [3.8, 4) is 0 Å². The van der Waals surface area contributed by atoms with Crippen molar-refractivity contribution < 1.29 is 19.5 Å². The van der Waals surface area contributed by atoms with Gasteiger partial charge < -0.3 is 10.4 Å². The monoisotopic (exact) mass is 268 g/mol. The number of carbonyl (C=O) groups excluding carboxylic acids is 2. The maximum atomic E-state index is 12.4. The molecule has 1 saturated heterocycles. The first-order chi connectivity index (χ1) is 8.98.